The number of benzene rings is 2. The summed E-state index contributed by atoms with van der Waals surface area (Å²) < 4.78 is 37.5. The zero-order chi connectivity index (χ0) is 15.6. The molecule has 0 spiro atoms. The second-order valence-corrected chi connectivity index (χ2v) is 5.00. The number of hydrogen-bond donors (Lipinski definition) is 2. The van der Waals surface area contributed by atoms with Gasteiger partial charge in [0, 0.05) is 11.3 Å². The lowest BCUT2D eigenvalue weighted by Gasteiger charge is -2.18. The van der Waals surface area contributed by atoms with Crippen LogP contribution in [0.2, 0.25) is 0 Å². The van der Waals surface area contributed by atoms with E-state index in [0.717, 1.165) is 17.7 Å². The Labute approximate surface area is 121 Å². The van der Waals surface area contributed by atoms with E-state index in [1.165, 1.54) is 12.1 Å². The van der Waals surface area contributed by atoms with Crippen molar-refractivity contribution in [2.45, 2.75) is 26.1 Å². The quantitative estimate of drug-likeness (QED) is 0.844. The highest BCUT2D eigenvalue weighted by molar-refractivity contribution is 5.49. The van der Waals surface area contributed by atoms with Crippen LogP contribution in [0.5, 0.6) is 5.75 Å². The number of phenolic OH excluding ortho intramolecular Hbond substituents is 1. The van der Waals surface area contributed by atoms with Gasteiger partial charge in [0.25, 0.3) is 0 Å². The van der Waals surface area contributed by atoms with Crippen molar-refractivity contribution in [3.05, 3.63) is 59.2 Å². The number of alkyl halides is 3. The zero-order valence-corrected chi connectivity index (χ0v) is 11.7. The van der Waals surface area contributed by atoms with Crippen LogP contribution in [0.15, 0.2) is 42.5 Å². The van der Waals surface area contributed by atoms with Crippen molar-refractivity contribution < 1.29 is 18.3 Å². The van der Waals surface area contributed by atoms with Gasteiger partial charge in [-0.2, -0.15) is 13.2 Å². The summed E-state index contributed by atoms with van der Waals surface area (Å²) in [6, 6.07) is 9.93. The molecule has 2 N–H and O–H groups in total. The average Bonchev–Trinajstić information content (AvgIpc) is 2.38. The van der Waals surface area contributed by atoms with Crippen LogP contribution in [-0.4, -0.2) is 5.11 Å². The molecule has 0 aliphatic heterocycles. The van der Waals surface area contributed by atoms with Gasteiger partial charge in [-0.15, -0.1) is 0 Å². The Balaban J connectivity index is 2.14. The van der Waals surface area contributed by atoms with Gasteiger partial charge in [0.1, 0.15) is 5.75 Å². The van der Waals surface area contributed by atoms with Crippen LogP contribution < -0.4 is 5.32 Å². The maximum atomic E-state index is 12.5. The Bertz CT molecular complexity index is 620. The SMILES string of the molecule is Cc1ccc(C(C)Nc2ccc(C(F)(F)F)cc2)c(O)c1. The fraction of sp³-hybridized carbons (Fsp3) is 0.250. The predicted octanol–water partition coefficient (Wildman–Crippen LogP) is 4.89. The summed E-state index contributed by atoms with van der Waals surface area (Å²) in [4.78, 5) is 0. The molecular weight excluding hydrogens is 279 g/mol. The molecule has 5 heteroatoms. The minimum absolute atomic E-state index is 0.168. The summed E-state index contributed by atoms with van der Waals surface area (Å²) in [7, 11) is 0. The van der Waals surface area contributed by atoms with E-state index >= 15 is 0 Å². The van der Waals surface area contributed by atoms with Crippen molar-refractivity contribution in [3.8, 4) is 5.75 Å². The van der Waals surface area contributed by atoms with Gasteiger partial charge in [-0.25, -0.2) is 0 Å². The third kappa shape index (κ3) is 3.68. The molecule has 0 fully saturated rings. The Morgan fingerprint density at radius 2 is 1.67 bits per heavy atom. The minimum Gasteiger partial charge on any atom is -0.508 e. The summed E-state index contributed by atoms with van der Waals surface area (Å²) in [5.74, 6) is 0.168. The number of hydrogen-bond acceptors (Lipinski definition) is 2. The lowest BCUT2D eigenvalue weighted by Crippen LogP contribution is -2.08. The largest absolute Gasteiger partial charge is 0.508 e. The van der Waals surface area contributed by atoms with Gasteiger partial charge in [-0.3, -0.25) is 0 Å². The molecule has 0 bridgehead atoms. The van der Waals surface area contributed by atoms with E-state index in [0.29, 0.717) is 11.3 Å². The summed E-state index contributed by atoms with van der Waals surface area (Å²) >= 11 is 0. The highest BCUT2D eigenvalue weighted by Crippen LogP contribution is 2.31. The van der Waals surface area contributed by atoms with E-state index in [2.05, 4.69) is 5.32 Å². The molecule has 0 heterocycles. The molecule has 0 aliphatic rings. The summed E-state index contributed by atoms with van der Waals surface area (Å²) in [6.45, 7) is 3.71. The Kier molecular flexibility index (Phi) is 4.11. The van der Waals surface area contributed by atoms with Crippen LogP contribution in [0.4, 0.5) is 18.9 Å². The predicted molar refractivity (Wildman–Crippen MR) is 76.3 cm³/mol. The van der Waals surface area contributed by atoms with Gasteiger partial charge in [0.15, 0.2) is 0 Å². The fourth-order valence-electron chi connectivity index (χ4n) is 2.10. The first-order valence-corrected chi connectivity index (χ1v) is 6.50. The number of halogens is 3. The highest BCUT2D eigenvalue weighted by atomic mass is 19.4. The molecule has 112 valence electrons. The molecule has 0 saturated heterocycles. The van der Waals surface area contributed by atoms with Gasteiger partial charge >= 0.3 is 6.18 Å². The first-order valence-electron chi connectivity index (χ1n) is 6.50. The monoisotopic (exact) mass is 295 g/mol. The Morgan fingerprint density at radius 1 is 1.05 bits per heavy atom. The van der Waals surface area contributed by atoms with Gasteiger partial charge in [-0.1, -0.05) is 12.1 Å². The topological polar surface area (TPSA) is 32.3 Å². The third-order valence-electron chi connectivity index (χ3n) is 3.25. The molecule has 0 saturated carbocycles. The number of nitrogens with one attached hydrogen (secondary N) is 1. The van der Waals surface area contributed by atoms with Gasteiger partial charge in [-0.05, 0) is 49.7 Å². The molecule has 0 aliphatic carbocycles. The molecule has 2 aromatic rings. The molecule has 2 rings (SSSR count). The number of aryl methyl sites for hydroxylation is 1. The van der Waals surface area contributed by atoms with E-state index in [1.807, 2.05) is 19.9 Å². The summed E-state index contributed by atoms with van der Waals surface area (Å²) in [5.41, 5.74) is 1.52. The molecule has 1 unspecified atom stereocenters. The number of aromatic hydroxyl groups is 1. The van der Waals surface area contributed by atoms with Crippen molar-refractivity contribution in [1.82, 2.24) is 0 Å². The zero-order valence-electron chi connectivity index (χ0n) is 11.7. The summed E-state index contributed by atoms with van der Waals surface area (Å²) in [6.07, 6.45) is -4.33. The van der Waals surface area contributed by atoms with Crippen LogP contribution in [-0.2, 0) is 6.18 Å². The van der Waals surface area contributed by atoms with E-state index in [4.69, 9.17) is 0 Å². The van der Waals surface area contributed by atoms with E-state index in [1.54, 1.807) is 12.1 Å². The Hall–Kier alpha value is -2.17. The van der Waals surface area contributed by atoms with Crippen molar-refractivity contribution in [1.29, 1.82) is 0 Å². The van der Waals surface area contributed by atoms with Crippen LogP contribution in [0, 0.1) is 6.92 Å². The average molecular weight is 295 g/mol. The molecule has 2 aromatic carbocycles. The van der Waals surface area contributed by atoms with Crippen molar-refractivity contribution in [2.24, 2.45) is 0 Å². The standard InChI is InChI=1S/C16H16F3NO/c1-10-3-8-14(15(21)9-10)11(2)20-13-6-4-12(5-7-13)16(17,18)19/h3-9,11,20-21H,1-2H3. The third-order valence-corrected chi connectivity index (χ3v) is 3.25. The molecule has 2 nitrogen and oxygen atoms in total. The molecule has 21 heavy (non-hydrogen) atoms. The van der Waals surface area contributed by atoms with Crippen molar-refractivity contribution in [3.63, 3.8) is 0 Å². The van der Waals surface area contributed by atoms with E-state index in [9.17, 15) is 18.3 Å². The normalized spacial score (nSPS) is 13.0. The van der Waals surface area contributed by atoms with Crippen LogP contribution >= 0.6 is 0 Å². The van der Waals surface area contributed by atoms with E-state index < -0.39 is 11.7 Å². The van der Waals surface area contributed by atoms with Gasteiger partial charge in [0.2, 0.25) is 0 Å². The number of rotatable bonds is 3. The Morgan fingerprint density at radius 3 is 2.19 bits per heavy atom. The minimum atomic E-state index is -4.33. The number of anilines is 1. The lowest BCUT2D eigenvalue weighted by atomic mass is 10.0. The molecule has 0 radical (unpaired) electrons. The van der Waals surface area contributed by atoms with Gasteiger partial charge < -0.3 is 10.4 Å². The van der Waals surface area contributed by atoms with Gasteiger partial charge in [0.05, 0.1) is 11.6 Å². The van der Waals surface area contributed by atoms with Crippen LogP contribution in [0.3, 0.4) is 0 Å². The lowest BCUT2D eigenvalue weighted by molar-refractivity contribution is -0.137. The van der Waals surface area contributed by atoms with Crippen LogP contribution in [0.25, 0.3) is 0 Å². The fourth-order valence-corrected chi connectivity index (χ4v) is 2.10. The first kappa shape index (κ1) is 15.2. The molecule has 1 atom stereocenters. The van der Waals surface area contributed by atoms with Crippen LogP contribution in [0.1, 0.15) is 29.7 Å². The van der Waals surface area contributed by atoms with Crippen molar-refractivity contribution in [2.75, 3.05) is 5.32 Å². The molecule has 0 aromatic heterocycles. The second-order valence-electron chi connectivity index (χ2n) is 5.00. The summed E-state index contributed by atoms with van der Waals surface area (Å²) in [5, 5.41) is 13.0. The molecular formula is C16H16F3NO. The second kappa shape index (κ2) is 5.68. The number of phenols is 1. The maximum absolute atomic E-state index is 12.5. The highest BCUT2D eigenvalue weighted by Gasteiger charge is 2.29. The first-order chi connectivity index (χ1) is 9.77. The maximum Gasteiger partial charge on any atom is 0.416 e. The van der Waals surface area contributed by atoms with E-state index in [-0.39, 0.29) is 11.8 Å². The smallest absolute Gasteiger partial charge is 0.416 e. The van der Waals surface area contributed by atoms with Crippen molar-refractivity contribution >= 4 is 5.69 Å². The molecule has 0 amide bonds.